The Labute approximate surface area is 152 Å². The Hall–Kier alpha value is -2.89. The highest BCUT2D eigenvalue weighted by Gasteiger charge is 2.18. The molecule has 1 aromatic carbocycles. The van der Waals surface area contributed by atoms with E-state index in [2.05, 4.69) is 25.8 Å². The molecule has 0 unspecified atom stereocenters. The number of hydrogen-bond acceptors (Lipinski definition) is 4. The minimum Gasteiger partial charge on any atom is -0.367 e. The van der Waals surface area contributed by atoms with Crippen LogP contribution in [-0.4, -0.2) is 27.1 Å². The summed E-state index contributed by atoms with van der Waals surface area (Å²) in [6.45, 7) is 1.51. The zero-order valence-electron chi connectivity index (χ0n) is 14.9. The molecule has 0 atom stereocenters. The molecule has 0 spiro atoms. The van der Waals surface area contributed by atoms with Gasteiger partial charge in [-0.15, -0.1) is 0 Å². The first-order valence-corrected chi connectivity index (χ1v) is 9.18. The van der Waals surface area contributed by atoms with Crippen molar-refractivity contribution >= 4 is 28.3 Å². The Morgan fingerprint density at radius 1 is 1.19 bits per heavy atom. The molecule has 2 heterocycles. The maximum atomic E-state index is 11.3. The lowest BCUT2D eigenvalue weighted by Gasteiger charge is -2.23. The fourth-order valence-electron chi connectivity index (χ4n) is 3.67. The summed E-state index contributed by atoms with van der Waals surface area (Å²) in [4.78, 5) is 15.9. The zero-order valence-corrected chi connectivity index (χ0v) is 14.9. The molecule has 1 saturated carbocycles. The van der Waals surface area contributed by atoms with Crippen molar-refractivity contribution in [2.24, 2.45) is 0 Å². The first-order chi connectivity index (χ1) is 12.7. The van der Waals surface area contributed by atoms with Crippen LogP contribution in [0.3, 0.4) is 0 Å². The molecule has 3 aromatic rings. The summed E-state index contributed by atoms with van der Waals surface area (Å²) in [5, 5.41) is 15.1. The molecule has 26 heavy (non-hydrogen) atoms. The number of aromatic nitrogens is 3. The molecular formula is C20H23N5O. The first kappa shape index (κ1) is 16.6. The monoisotopic (exact) mass is 349 g/mol. The van der Waals surface area contributed by atoms with Gasteiger partial charge in [0.05, 0.1) is 10.9 Å². The van der Waals surface area contributed by atoms with Gasteiger partial charge < -0.3 is 10.6 Å². The summed E-state index contributed by atoms with van der Waals surface area (Å²) < 4.78 is 0. The van der Waals surface area contributed by atoms with Crippen LogP contribution in [0.15, 0.2) is 36.5 Å². The van der Waals surface area contributed by atoms with Gasteiger partial charge >= 0.3 is 0 Å². The number of H-pyrrole nitrogens is 1. The van der Waals surface area contributed by atoms with Crippen LogP contribution < -0.4 is 10.6 Å². The third-order valence-electron chi connectivity index (χ3n) is 4.88. The van der Waals surface area contributed by atoms with E-state index in [0.29, 0.717) is 6.04 Å². The molecule has 4 rings (SSSR count). The van der Waals surface area contributed by atoms with Gasteiger partial charge in [-0.2, -0.15) is 5.10 Å². The van der Waals surface area contributed by atoms with Crippen LogP contribution in [0.2, 0.25) is 0 Å². The van der Waals surface area contributed by atoms with Crippen LogP contribution >= 0.6 is 0 Å². The molecule has 0 aliphatic heterocycles. The second-order valence-corrected chi connectivity index (χ2v) is 6.90. The first-order valence-electron chi connectivity index (χ1n) is 9.18. The molecular weight excluding hydrogens is 326 g/mol. The average Bonchev–Trinajstić information content (AvgIpc) is 3.07. The Balaban J connectivity index is 1.72. The lowest BCUT2D eigenvalue weighted by atomic mass is 9.95. The molecule has 3 N–H and O–H groups in total. The molecule has 1 fully saturated rings. The molecule has 6 nitrogen and oxygen atoms in total. The number of aromatic amines is 1. The van der Waals surface area contributed by atoms with E-state index in [4.69, 9.17) is 0 Å². The number of fused-ring (bicyclic) bond motifs is 1. The van der Waals surface area contributed by atoms with Crippen LogP contribution in [0.1, 0.15) is 39.0 Å². The molecule has 0 bridgehead atoms. The fourth-order valence-corrected chi connectivity index (χ4v) is 3.67. The maximum Gasteiger partial charge on any atom is 0.221 e. The largest absolute Gasteiger partial charge is 0.367 e. The summed E-state index contributed by atoms with van der Waals surface area (Å²) >= 11 is 0. The number of nitrogens with one attached hydrogen (secondary N) is 3. The maximum absolute atomic E-state index is 11.3. The summed E-state index contributed by atoms with van der Waals surface area (Å²) in [5.74, 6) is 0.790. The predicted octanol–water partition coefficient (Wildman–Crippen LogP) is 4.33. The molecule has 1 amide bonds. The van der Waals surface area contributed by atoms with E-state index in [1.54, 1.807) is 0 Å². The van der Waals surface area contributed by atoms with Crippen LogP contribution in [-0.2, 0) is 4.79 Å². The molecule has 134 valence electrons. The van der Waals surface area contributed by atoms with Crippen molar-refractivity contribution in [2.45, 2.75) is 45.1 Å². The van der Waals surface area contributed by atoms with Gasteiger partial charge in [0, 0.05) is 30.4 Å². The fraction of sp³-hybridized carbons (Fsp3) is 0.350. The van der Waals surface area contributed by atoms with Gasteiger partial charge in [0.15, 0.2) is 0 Å². The van der Waals surface area contributed by atoms with Crippen molar-refractivity contribution in [2.75, 3.05) is 10.6 Å². The van der Waals surface area contributed by atoms with Crippen molar-refractivity contribution in [1.29, 1.82) is 0 Å². The number of nitrogens with zero attached hydrogens (tertiary/aromatic N) is 2. The summed E-state index contributed by atoms with van der Waals surface area (Å²) in [6, 6.07) is 10.1. The quantitative estimate of drug-likeness (QED) is 0.655. The number of pyridine rings is 1. The normalized spacial score (nSPS) is 15.1. The van der Waals surface area contributed by atoms with Crippen LogP contribution in [0.25, 0.3) is 22.2 Å². The molecule has 1 aliphatic carbocycles. The summed E-state index contributed by atoms with van der Waals surface area (Å²) in [7, 11) is 0. The third-order valence-corrected chi connectivity index (χ3v) is 4.88. The minimum atomic E-state index is -0.0876. The molecule has 1 aliphatic rings. The lowest BCUT2D eigenvalue weighted by molar-refractivity contribution is -0.114. The topological polar surface area (TPSA) is 82.7 Å². The Bertz CT molecular complexity index is 927. The highest BCUT2D eigenvalue weighted by molar-refractivity contribution is 6.01. The second-order valence-electron chi connectivity index (χ2n) is 6.90. The minimum absolute atomic E-state index is 0.0876. The number of amides is 1. The van der Waals surface area contributed by atoms with Gasteiger partial charge in [0.1, 0.15) is 11.5 Å². The highest BCUT2D eigenvalue weighted by atomic mass is 16.1. The number of anilines is 2. The van der Waals surface area contributed by atoms with Gasteiger partial charge in [-0.1, -0.05) is 31.4 Å². The number of benzene rings is 1. The van der Waals surface area contributed by atoms with Crippen LogP contribution in [0, 0.1) is 0 Å². The van der Waals surface area contributed by atoms with Crippen molar-refractivity contribution < 1.29 is 4.79 Å². The smallest absolute Gasteiger partial charge is 0.221 e. The molecule has 2 aromatic heterocycles. The summed E-state index contributed by atoms with van der Waals surface area (Å²) in [6.07, 6.45) is 8.04. The van der Waals surface area contributed by atoms with E-state index in [-0.39, 0.29) is 5.91 Å². The summed E-state index contributed by atoms with van der Waals surface area (Å²) in [5.41, 5.74) is 3.51. The van der Waals surface area contributed by atoms with Crippen molar-refractivity contribution in [3.05, 3.63) is 36.5 Å². The van der Waals surface area contributed by atoms with Crippen LogP contribution in [0.5, 0.6) is 0 Å². The molecule has 6 heteroatoms. The van der Waals surface area contributed by atoms with E-state index in [0.717, 1.165) is 33.7 Å². The van der Waals surface area contributed by atoms with Gasteiger partial charge in [-0.25, -0.2) is 4.98 Å². The van der Waals surface area contributed by atoms with Gasteiger partial charge in [0.25, 0.3) is 0 Å². The Morgan fingerprint density at radius 2 is 2.04 bits per heavy atom. The Kier molecular flexibility index (Phi) is 4.56. The lowest BCUT2D eigenvalue weighted by Crippen LogP contribution is -2.22. The van der Waals surface area contributed by atoms with E-state index in [1.165, 1.54) is 39.0 Å². The van der Waals surface area contributed by atoms with Gasteiger partial charge in [0.2, 0.25) is 5.91 Å². The predicted molar refractivity (Wildman–Crippen MR) is 104 cm³/mol. The number of carbonyl (C=O) groups is 1. The van der Waals surface area contributed by atoms with Gasteiger partial charge in [-0.3, -0.25) is 9.89 Å². The van der Waals surface area contributed by atoms with Crippen LogP contribution in [0.4, 0.5) is 11.5 Å². The number of carbonyl (C=O) groups excluding carboxylic acids is 1. The van der Waals surface area contributed by atoms with E-state index in [1.807, 2.05) is 36.5 Å². The van der Waals surface area contributed by atoms with E-state index >= 15 is 0 Å². The second kappa shape index (κ2) is 7.15. The average molecular weight is 349 g/mol. The number of hydrogen-bond donors (Lipinski definition) is 3. The number of rotatable bonds is 4. The van der Waals surface area contributed by atoms with Crippen molar-refractivity contribution in [3.63, 3.8) is 0 Å². The SMILES string of the molecule is CC(=O)Nc1cccc(-c2n[nH]c3ccnc(NC4CCCCC4)c23)c1. The molecule has 0 radical (unpaired) electrons. The van der Waals surface area contributed by atoms with E-state index < -0.39 is 0 Å². The third kappa shape index (κ3) is 3.40. The van der Waals surface area contributed by atoms with E-state index in [9.17, 15) is 4.79 Å². The zero-order chi connectivity index (χ0) is 17.9. The van der Waals surface area contributed by atoms with Gasteiger partial charge in [-0.05, 0) is 31.0 Å². The highest BCUT2D eigenvalue weighted by Crippen LogP contribution is 2.33. The Morgan fingerprint density at radius 3 is 2.85 bits per heavy atom. The molecule has 0 saturated heterocycles. The standard InChI is InChI=1S/C20H23N5O/c1-13(26)22-16-9-5-6-14(12-16)19-18-17(24-25-19)10-11-21-20(18)23-15-7-3-2-4-8-15/h5-6,9-12,15H,2-4,7-8H2,1H3,(H,21,23)(H,22,26)(H,24,25). The van der Waals surface area contributed by atoms with Crippen molar-refractivity contribution in [1.82, 2.24) is 15.2 Å². The van der Waals surface area contributed by atoms with Crippen molar-refractivity contribution in [3.8, 4) is 11.3 Å².